The molecule has 0 spiro atoms. The van der Waals surface area contributed by atoms with Crippen molar-refractivity contribution in [3.63, 3.8) is 0 Å². The van der Waals surface area contributed by atoms with Gasteiger partial charge in [-0.2, -0.15) is 0 Å². The molecule has 0 atom stereocenters. The third kappa shape index (κ3) is 2.82. The van der Waals surface area contributed by atoms with E-state index in [0.717, 1.165) is 28.1 Å². The highest BCUT2D eigenvalue weighted by atomic mass is 16.1. The second kappa shape index (κ2) is 5.82. The minimum Gasteiger partial charge on any atom is -0.267 e. The summed E-state index contributed by atoms with van der Waals surface area (Å²) >= 11 is 0. The quantitative estimate of drug-likeness (QED) is 0.727. The van der Waals surface area contributed by atoms with Gasteiger partial charge in [-0.1, -0.05) is 68.8 Å². The Hall–Kier alpha value is -2.55. The van der Waals surface area contributed by atoms with Gasteiger partial charge in [0.15, 0.2) is 0 Å². The maximum Gasteiger partial charge on any atom is 0.272 e. The molecule has 1 N–H and O–H groups in total. The summed E-state index contributed by atoms with van der Waals surface area (Å²) in [5.41, 5.74) is 5.82. The van der Waals surface area contributed by atoms with E-state index >= 15 is 0 Å². The molecule has 0 saturated carbocycles. The minimum atomic E-state index is -0.179. The molecule has 1 heterocycles. The Morgan fingerprint density at radius 3 is 2.12 bits per heavy atom. The van der Waals surface area contributed by atoms with Gasteiger partial charge in [-0.3, -0.25) is 14.6 Å². The first-order valence-electron chi connectivity index (χ1n) is 8.27. The molecule has 3 aromatic rings. The van der Waals surface area contributed by atoms with Crippen LogP contribution in [0.1, 0.15) is 37.6 Å². The summed E-state index contributed by atoms with van der Waals surface area (Å²) in [5, 5.41) is 3.05. The molecule has 1 aromatic heterocycles. The second-order valence-electron chi connectivity index (χ2n) is 7.40. The summed E-state index contributed by atoms with van der Waals surface area (Å²) in [6, 6.07) is 16.3. The zero-order valence-electron chi connectivity index (χ0n) is 15.0. The predicted molar refractivity (Wildman–Crippen MR) is 100.0 cm³/mol. The highest BCUT2D eigenvalue weighted by molar-refractivity contribution is 5.68. The third-order valence-electron chi connectivity index (χ3n) is 4.31. The van der Waals surface area contributed by atoms with E-state index < -0.39 is 0 Å². The van der Waals surface area contributed by atoms with Gasteiger partial charge < -0.3 is 0 Å². The Kier molecular flexibility index (Phi) is 3.96. The van der Waals surface area contributed by atoms with E-state index in [0.29, 0.717) is 0 Å². The average molecular weight is 320 g/mol. The van der Waals surface area contributed by atoms with Gasteiger partial charge in [0.25, 0.3) is 5.56 Å². The first-order valence-corrected chi connectivity index (χ1v) is 8.27. The zero-order chi connectivity index (χ0) is 17.5. The molecular formula is C21H24N2O. The van der Waals surface area contributed by atoms with Gasteiger partial charge in [0.05, 0.1) is 16.9 Å². The topological polar surface area (TPSA) is 37.8 Å². The lowest BCUT2D eigenvalue weighted by atomic mass is 9.86. The van der Waals surface area contributed by atoms with E-state index in [1.807, 2.05) is 47.1 Å². The smallest absolute Gasteiger partial charge is 0.267 e. The van der Waals surface area contributed by atoms with Crippen LogP contribution in [0.5, 0.6) is 0 Å². The number of aromatic nitrogens is 2. The van der Waals surface area contributed by atoms with Gasteiger partial charge in [-0.05, 0) is 31.0 Å². The van der Waals surface area contributed by atoms with E-state index in [-0.39, 0.29) is 11.0 Å². The van der Waals surface area contributed by atoms with Crippen LogP contribution in [-0.2, 0) is 5.41 Å². The summed E-state index contributed by atoms with van der Waals surface area (Å²) in [4.78, 5) is 12.8. The molecule has 2 aromatic carbocycles. The molecule has 0 aliphatic carbocycles. The first kappa shape index (κ1) is 16.3. The maximum absolute atomic E-state index is 12.8. The van der Waals surface area contributed by atoms with Crippen molar-refractivity contribution in [2.24, 2.45) is 0 Å². The lowest BCUT2D eigenvalue weighted by Gasteiger charge is -2.23. The number of hydrogen-bond acceptors (Lipinski definition) is 1. The standard InChI is InChI=1S/C21H24N2O/c1-14-10-12-16(13-11-14)18-19(21(3,4)5)23(22-20(18)24)17-9-7-6-8-15(17)2/h6-13H,1-5H3,(H,22,24). The summed E-state index contributed by atoms with van der Waals surface area (Å²) < 4.78 is 1.95. The van der Waals surface area contributed by atoms with Crippen LogP contribution in [0, 0.1) is 13.8 Å². The normalized spacial score (nSPS) is 11.7. The van der Waals surface area contributed by atoms with Crippen LogP contribution in [0.3, 0.4) is 0 Å². The van der Waals surface area contributed by atoms with E-state index in [2.05, 4.69) is 45.8 Å². The van der Waals surface area contributed by atoms with Gasteiger partial charge in [0.2, 0.25) is 0 Å². The van der Waals surface area contributed by atoms with Gasteiger partial charge in [-0.15, -0.1) is 0 Å². The Morgan fingerprint density at radius 2 is 1.54 bits per heavy atom. The first-order chi connectivity index (χ1) is 11.3. The molecule has 0 bridgehead atoms. The Bertz CT molecular complexity index is 922. The van der Waals surface area contributed by atoms with Gasteiger partial charge in [-0.25, -0.2) is 0 Å². The second-order valence-corrected chi connectivity index (χ2v) is 7.40. The van der Waals surface area contributed by atoms with Crippen molar-refractivity contribution in [3.8, 4) is 16.8 Å². The number of aromatic amines is 1. The number of hydrogen-bond donors (Lipinski definition) is 1. The molecule has 0 unspecified atom stereocenters. The molecule has 24 heavy (non-hydrogen) atoms. The van der Waals surface area contributed by atoms with Crippen molar-refractivity contribution >= 4 is 0 Å². The van der Waals surface area contributed by atoms with Crippen LogP contribution in [0.15, 0.2) is 53.3 Å². The molecule has 0 fully saturated rings. The predicted octanol–water partition coefficient (Wildman–Crippen LogP) is 4.75. The molecule has 0 aliphatic heterocycles. The fraction of sp³-hybridized carbons (Fsp3) is 0.286. The van der Waals surface area contributed by atoms with Gasteiger partial charge in [0.1, 0.15) is 0 Å². The Morgan fingerprint density at radius 1 is 0.917 bits per heavy atom. The van der Waals surface area contributed by atoms with Crippen molar-refractivity contribution in [2.75, 3.05) is 0 Å². The zero-order valence-corrected chi connectivity index (χ0v) is 15.0. The van der Waals surface area contributed by atoms with Crippen LogP contribution in [0.4, 0.5) is 0 Å². The van der Waals surface area contributed by atoms with Crippen molar-refractivity contribution < 1.29 is 0 Å². The van der Waals surface area contributed by atoms with Crippen molar-refractivity contribution in [1.82, 2.24) is 9.78 Å². The SMILES string of the molecule is Cc1ccc(-c2c(C(C)(C)C)n(-c3ccccc3C)[nH]c2=O)cc1. The molecule has 0 saturated heterocycles. The Balaban J connectivity index is 2.34. The molecule has 3 nitrogen and oxygen atoms in total. The molecule has 0 aliphatic rings. The molecule has 3 rings (SSSR count). The molecule has 3 heteroatoms. The molecule has 0 amide bonds. The van der Waals surface area contributed by atoms with Crippen molar-refractivity contribution in [3.05, 3.63) is 75.7 Å². The van der Waals surface area contributed by atoms with Gasteiger partial charge in [0, 0.05) is 5.41 Å². The fourth-order valence-corrected chi connectivity index (χ4v) is 3.13. The molecular weight excluding hydrogens is 296 g/mol. The highest BCUT2D eigenvalue weighted by Gasteiger charge is 2.27. The average Bonchev–Trinajstić information content (AvgIpc) is 2.86. The van der Waals surface area contributed by atoms with E-state index in [9.17, 15) is 4.79 Å². The summed E-state index contributed by atoms with van der Waals surface area (Å²) in [6.07, 6.45) is 0. The van der Waals surface area contributed by atoms with Crippen LogP contribution < -0.4 is 5.56 Å². The van der Waals surface area contributed by atoms with E-state index in [1.165, 1.54) is 5.56 Å². The maximum atomic E-state index is 12.8. The lowest BCUT2D eigenvalue weighted by molar-refractivity contribution is 0.544. The Labute approximate surface area is 143 Å². The lowest BCUT2D eigenvalue weighted by Crippen LogP contribution is -2.19. The number of benzene rings is 2. The highest BCUT2D eigenvalue weighted by Crippen LogP contribution is 2.33. The minimum absolute atomic E-state index is 0.0490. The van der Waals surface area contributed by atoms with Crippen LogP contribution in [-0.4, -0.2) is 9.78 Å². The number of nitrogens with one attached hydrogen (secondary N) is 1. The van der Waals surface area contributed by atoms with Crippen molar-refractivity contribution in [2.45, 2.75) is 40.0 Å². The molecule has 124 valence electrons. The van der Waals surface area contributed by atoms with E-state index in [1.54, 1.807) is 0 Å². The number of nitrogens with zero attached hydrogens (tertiary/aromatic N) is 1. The number of rotatable bonds is 2. The number of para-hydroxylation sites is 1. The largest absolute Gasteiger partial charge is 0.272 e. The number of H-pyrrole nitrogens is 1. The van der Waals surface area contributed by atoms with Gasteiger partial charge >= 0.3 is 0 Å². The van der Waals surface area contributed by atoms with Crippen LogP contribution in [0.2, 0.25) is 0 Å². The van der Waals surface area contributed by atoms with Crippen LogP contribution in [0.25, 0.3) is 16.8 Å². The fourth-order valence-electron chi connectivity index (χ4n) is 3.13. The van der Waals surface area contributed by atoms with Crippen molar-refractivity contribution in [1.29, 1.82) is 0 Å². The summed E-state index contributed by atoms with van der Waals surface area (Å²) in [5.74, 6) is 0. The van der Waals surface area contributed by atoms with Crippen LogP contribution >= 0.6 is 0 Å². The molecule has 0 radical (unpaired) electrons. The van der Waals surface area contributed by atoms with E-state index in [4.69, 9.17) is 0 Å². The number of aryl methyl sites for hydroxylation is 2. The monoisotopic (exact) mass is 320 g/mol. The summed E-state index contributed by atoms with van der Waals surface area (Å²) in [7, 11) is 0. The third-order valence-corrected chi connectivity index (χ3v) is 4.31. The summed E-state index contributed by atoms with van der Waals surface area (Å²) in [6.45, 7) is 10.5.